The van der Waals surface area contributed by atoms with Crippen LogP contribution < -0.4 is 10.6 Å². The lowest BCUT2D eigenvalue weighted by atomic mass is 10.2. The first-order valence-electron chi connectivity index (χ1n) is 7.89. The van der Waals surface area contributed by atoms with Crippen molar-refractivity contribution < 1.29 is 14.4 Å². The van der Waals surface area contributed by atoms with Gasteiger partial charge in [-0.1, -0.05) is 50.2 Å². The maximum absolute atomic E-state index is 11.7. The van der Waals surface area contributed by atoms with E-state index in [4.69, 9.17) is 0 Å². The molecule has 0 heterocycles. The molecule has 0 aliphatic heterocycles. The fourth-order valence-corrected chi connectivity index (χ4v) is 2.04. The first kappa shape index (κ1) is 21.2. The van der Waals surface area contributed by atoms with E-state index in [1.54, 1.807) is 0 Å². The second-order valence-electron chi connectivity index (χ2n) is 4.48. The monoisotopic (exact) mass is 338 g/mol. The number of amides is 2. The minimum atomic E-state index is -0.131. The summed E-state index contributed by atoms with van der Waals surface area (Å²) in [6.07, 6.45) is 2.97. The van der Waals surface area contributed by atoms with Crippen LogP contribution in [0.5, 0.6) is 0 Å². The van der Waals surface area contributed by atoms with E-state index in [2.05, 4.69) is 10.6 Å². The van der Waals surface area contributed by atoms with Crippen molar-refractivity contribution in [1.82, 2.24) is 5.32 Å². The molecular formula is C17H26N2O3S. The quantitative estimate of drug-likeness (QED) is 0.507. The first-order valence-corrected chi connectivity index (χ1v) is 8.94. The fraction of sp³-hybridized carbons (Fsp3) is 0.471. The smallest absolute Gasteiger partial charge is 0.230 e. The molecule has 1 aromatic carbocycles. The van der Waals surface area contributed by atoms with Gasteiger partial charge in [-0.25, -0.2) is 0 Å². The molecule has 0 spiro atoms. The maximum Gasteiger partial charge on any atom is 0.230 e. The summed E-state index contributed by atoms with van der Waals surface area (Å²) in [5, 5.41) is 5.56. The molecule has 0 fully saturated rings. The zero-order valence-corrected chi connectivity index (χ0v) is 14.7. The number of unbranched alkanes of at least 4 members (excludes halogenated alkanes) is 2. The highest BCUT2D eigenvalue weighted by Crippen LogP contribution is 2.07. The number of nitrogens with one attached hydrogen (secondary N) is 2. The van der Waals surface area contributed by atoms with E-state index in [1.807, 2.05) is 44.2 Å². The molecule has 128 valence electrons. The third kappa shape index (κ3) is 12.4. The molecule has 2 N–H and O–H groups in total. The average Bonchev–Trinajstić information content (AvgIpc) is 2.58. The van der Waals surface area contributed by atoms with E-state index in [-0.39, 0.29) is 17.6 Å². The van der Waals surface area contributed by atoms with Crippen molar-refractivity contribution in [3.05, 3.63) is 30.3 Å². The van der Waals surface area contributed by atoms with Gasteiger partial charge in [0, 0.05) is 18.7 Å². The Kier molecular flexibility index (Phi) is 13.9. The Labute approximate surface area is 142 Å². The molecule has 0 saturated heterocycles. The molecule has 23 heavy (non-hydrogen) atoms. The Bertz CT molecular complexity index is 452. The highest BCUT2D eigenvalue weighted by atomic mass is 32.2. The summed E-state index contributed by atoms with van der Waals surface area (Å²) in [5.74, 6) is 0.0460. The second-order valence-corrected chi connectivity index (χ2v) is 5.30. The number of para-hydroxylation sites is 1. The van der Waals surface area contributed by atoms with Crippen molar-refractivity contribution >= 4 is 34.9 Å². The summed E-state index contributed by atoms with van der Waals surface area (Å²) in [5.41, 5.74) is 1.47. The molecule has 1 aromatic rings. The average molecular weight is 338 g/mol. The number of carbonyl (C=O) groups is 3. The van der Waals surface area contributed by atoms with E-state index in [1.165, 1.54) is 0 Å². The van der Waals surface area contributed by atoms with Gasteiger partial charge in [0.25, 0.3) is 0 Å². The van der Waals surface area contributed by atoms with Crippen LogP contribution in [0.25, 0.3) is 0 Å². The number of thioether (sulfide) groups is 1. The molecule has 0 unspecified atom stereocenters. The molecule has 0 bridgehead atoms. The van der Waals surface area contributed by atoms with E-state index in [0.29, 0.717) is 18.6 Å². The number of rotatable bonds is 10. The molecule has 2 amide bonds. The Morgan fingerprint density at radius 2 is 1.74 bits per heavy atom. The molecule has 6 heteroatoms. The van der Waals surface area contributed by atoms with E-state index < -0.39 is 0 Å². The molecule has 0 aliphatic rings. The van der Waals surface area contributed by atoms with Crippen LogP contribution in [-0.2, 0) is 14.4 Å². The van der Waals surface area contributed by atoms with Crippen LogP contribution in [0, 0.1) is 0 Å². The van der Waals surface area contributed by atoms with E-state index >= 15 is 0 Å². The highest BCUT2D eigenvalue weighted by Gasteiger charge is 2.02. The van der Waals surface area contributed by atoms with Crippen molar-refractivity contribution in [2.45, 2.75) is 39.5 Å². The van der Waals surface area contributed by atoms with Gasteiger partial charge in [0.2, 0.25) is 11.8 Å². The molecule has 0 atom stereocenters. The number of anilines is 1. The predicted octanol–water partition coefficient (Wildman–Crippen LogP) is 3.25. The summed E-state index contributed by atoms with van der Waals surface area (Å²) < 4.78 is 0. The van der Waals surface area contributed by atoms with Crippen molar-refractivity contribution in [3.8, 4) is 0 Å². The summed E-state index contributed by atoms with van der Waals surface area (Å²) >= 11 is 0.944. The first-order chi connectivity index (χ1) is 11.2. The lowest BCUT2D eigenvalue weighted by molar-refractivity contribution is -0.118. The van der Waals surface area contributed by atoms with E-state index in [0.717, 1.165) is 36.7 Å². The van der Waals surface area contributed by atoms with Crippen LogP contribution >= 0.6 is 11.8 Å². The van der Waals surface area contributed by atoms with Crippen LogP contribution in [0.2, 0.25) is 0 Å². The number of hydrogen-bond acceptors (Lipinski definition) is 4. The SMILES string of the molecule is CC.O=CSCC(=O)NCCCCCC(=O)Nc1ccccc1. The Hall–Kier alpha value is -1.82. The number of carbonyl (C=O) groups excluding carboxylic acids is 3. The lowest BCUT2D eigenvalue weighted by Gasteiger charge is -2.05. The zero-order chi connectivity index (χ0) is 17.3. The largest absolute Gasteiger partial charge is 0.355 e. The predicted molar refractivity (Wildman–Crippen MR) is 97.1 cm³/mol. The summed E-state index contributed by atoms with van der Waals surface area (Å²) in [6.45, 7) is 4.58. The second kappa shape index (κ2) is 15.1. The Morgan fingerprint density at radius 3 is 2.39 bits per heavy atom. The van der Waals surface area contributed by atoms with Gasteiger partial charge >= 0.3 is 0 Å². The Balaban J connectivity index is 0.00000232. The van der Waals surface area contributed by atoms with Crippen molar-refractivity contribution in [2.24, 2.45) is 0 Å². The zero-order valence-electron chi connectivity index (χ0n) is 13.8. The molecule has 0 aromatic heterocycles. The van der Waals surface area contributed by atoms with Crippen LogP contribution in [-0.4, -0.2) is 29.7 Å². The van der Waals surface area contributed by atoms with Crippen LogP contribution in [0.3, 0.4) is 0 Å². The topological polar surface area (TPSA) is 75.3 Å². The van der Waals surface area contributed by atoms with Gasteiger partial charge in [-0.2, -0.15) is 0 Å². The van der Waals surface area contributed by atoms with Gasteiger partial charge in [0.05, 0.1) is 5.75 Å². The molecular weight excluding hydrogens is 312 g/mol. The third-order valence-corrected chi connectivity index (χ3v) is 3.31. The number of benzene rings is 1. The van der Waals surface area contributed by atoms with Crippen LogP contribution in [0.1, 0.15) is 39.5 Å². The molecule has 5 nitrogen and oxygen atoms in total. The summed E-state index contributed by atoms with van der Waals surface area (Å²) in [6, 6.07) is 9.36. The minimum absolute atomic E-state index is 0.00705. The standard InChI is InChI=1S/C15H20N2O3S.C2H6/c18-12-21-11-15(20)16-10-6-2-5-9-14(19)17-13-7-3-1-4-8-13;1-2/h1,3-4,7-8,12H,2,5-6,9-11H2,(H,16,20)(H,17,19);1-2H3. The fourth-order valence-electron chi connectivity index (χ4n) is 1.72. The van der Waals surface area contributed by atoms with Crippen LogP contribution in [0.4, 0.5) is 5.69 Å². The molecule has 0 aliphatic carbocycles. The normalized spacial score (nSPS) is 9.30. The van der Waals surface area contributed by atoms with Gasteiger partial charge < -0.3 is 10.6 Å². The minimum Gasteiger partial charge on any atom is -0.355 e. The molecule has 0 radical (unpaired) electrons. The maximum atomic E-state index is 11.7. The van der Waals surface area contributed by atoms with Crippen LogP contribution in [0.15, 0.2) is 30.3 Å². The van der Waals surface area contributed by atoms with Gasteiger partial charge in [0.1, 0.15) is 0 Å². The van der Waals surface area contributed by atoms with Gasteiger partial charge in [-0.3, -0.25) is 14.4 Å². The number of hydrogen-bond donors (Lipinski definition) is 2. The Morgan fingerprint density at radius 1 is 1.04 bits per heavy atom. The lowest BCUT2D eigenvalue weighted by Crippen LogP contribution is -2.26. The van der Waals surface area contributed by atoms with Crippen molar-refractivity contribution in [2.75, 3.05) is 17.6 Å². The van der Waals surface area contributed by atoms with Crippen molar-refractivity contribution in [1.29, 1.82) is 0 Å². The van der Waals surface area contributed by atoms with E-state index in [9.17, 15) is 14.4 Å². The van der Waals surface area contributed by atoms with Gasteiger partial charge in [0.15, 0.2) is 5.62 Å². The summed E-state index contributed by atoms with van der Waals surface area (Å²) in [4.78, 5) is 32.9. The van der Waals surface area contributed by atoms with Gasteiger partial charge in [-0.15, -0.1) is 0 Å². The molecule has 0 saturated carbocycles. The van der Waals surface area contributed by atoms with Gasteiger partial charge in [-0.05, 0) is 25.0 Å². The van der Waals surface area contributed by atoms with Crippen molar-refractivity contribution in [3.63, 3.8) is 0 Å². The third-order valence-electron chi connectivity index (χ3n) is 2.74. The highest BCUT2D eigenvalue weighted by molar-refractivity contribution is 8.12. The molecule has 1 rings (SSSR count). The summed E-state index contributed by atoms with van der Waals surface area (Å²) in [7, 11) is 0.